The van der Waals surface area contributed by atoms with Crippen molar-refractivity contribution >= 4 is 15.9 Å². The fraction of sp³-hybridized carbons (Fsp3) is 0.538. The average molecular weight is 284 g/mol. The number of hydrogen-bond acceptors (Lipinski definition) is 2. The second kappa shape index (κ2) is 5.30. The maximum Gasteiger partial charge on any atom is 0.0940 e. The van der Waals surface area contributed by atoms with Gasteiger partial charge in [-0.25, -0.2) is 0 Å². The molecule has 0 saturated heterocycles. The van der Waals surface area contributed by atoms with E-state index in [1.165, 1.54) is 19.3 Å². The van der Waals surface area contributed by atoms with Crippen LogP contribution in [-0.4, -0.2) is 17.2 Å². The van der Waals surface area contributed by atoms with Gasteiger partial charge in [-0.1, -0.05) is 34.5 Å². The van der Waals surface area contributed by atoms with Crippen molar-refractivity contribution in [2.75, 3.05) is 0 Å². The van der Waals surface area contributed by atoms with E-state index in [0.29, 0.717) is 6.04 Å². The topological polar surface area (TPSA) is 32.3 Å². The Morgan fingerprint density at radius 1 is 1.31 bits per heavy atom. The lowest BCUT2D eigenvalue weighted by Gasteiger charge is -2.32. The Bertz CT molecular complexity index is 334. The van der Waals surface area contributed by atoms with Crippen molar-refractivity contribution in [2.45, 2.75) is 44.4 Å². The summed E-state index contributed by atoms with van der Waals surface area (Å²) in [6.07, 6.45) is 3.39. The second-order valence-corrected chi connectivity index (χ2v) is 5.50. The fourth-order valence-electron chi connectivity index (χ4n) is 1.99. The summed E-state index contributed by atoms with van der Waals surface area (Å²) in [5.74, 6) is 0. The zero-order valence-corrected chi connectivity index (χ0v) is 11.1. The molecule has 0 radical (unpaired) electrons. The summed E-state index contributed by atoms with van der Waals surface area (Å²) in [6.45, 7) is 2.05. The third-order valence-electron chi connectivity index (χ3n) is 3.29. The zero-order chi connectivity index (χ0) is 11.5. The van der Waals surface area contributed by atoms with Gasteiger partial charge in [0.15, 0.2) is 0 Å². The van der Waals surface area contributed by atoms with Gasteiger partial charge in [-0.3, -0.25) is 0 Å². The molecule has 1 aliphatic carbocycles. The Morgan fingerprint density at radius 3 is 2.44 bits per heavy atom. The minimum absolute atomic E-state index is 0.117. The monoisotopic (exact) mass is 283 g/mol. The predicted molar refractivity (Wildman–Crippen MR) is 69.3 cm³/mol. The molecule has 1 aromatic carbocycles. The normalized spacial score (nSPS) is 20.2. The van der Waals surface area contributed by atoms with Gasteiger partial charge in [-0.15, -0.1) is 0 Å². The first-order valence-corrected chi connectivity index (χ1v) is 6.65. The molecule has 0 bridgehead atoms. The zero-order valence-electron chi connectivity index (χ0n) is 9.49. The average Bonchev–Trinajstić information content (AvgIpc) is 2.23. The number of aliphatic hydroxyl groups excluding tert-OH is 1. The van der Waals surface area contributed by atoms with Crippen LogP contribution in [0, 0.1) is 0 Å². The summed E-state index contributed by atoms with van der Waals surface area (Å²) in [5, 5.41) is 13.6. The van der Waals surface area contributed by atoms with Gasteiger partial charge in [0.25, 0.3) is 0 Å². The standard InChI is InChI=1S/C13H18BrNO/c1-9(15-12-3-2-4-12)13(16)10-5-7-11(14)8-6-10/h5-9,12-13,15-16H,2-4H2,1H3. The molecule has 0 aliphatic heterocycles. The molecule has 3 heteroatoms. The molecular formula is C13H18BrNO. The lowest BCUT2D eigenvalue weighted by molar-refractivity contribution is 0.120. The molecular weight excluding hydrogens is 266 g/mol. The highest BCUT2D eigenvalue weighted by molar-refractivity contribution is 9.10. The lowest BCUT2D eigenvalue weighted by atomic mass is 9.91. The van der Waals surface area contributed by atoms with Gasteiger partial charge in [0.2, 0.25) is 0 Å². The molecule has 0 spiro atoms. The van der Waals surface area contributed by atoms with E-state index in [0.717, 1.165) is 10.0 Å². The molecule has 0 heterocycles. The number of nitrogens with one attached hydrogen (secondary N) is 1. The van der Waals surface area contributed by atoms with Crippen LogP contribution in [0.1, 0.15) is 37.9 Å². The van der Waals surface area contributed by atoms with Crippen LogP contribution in [0.4, 0.5) is 0 Å². The van der Waals surface area contributed by atoms with E-state index in [9.17, 15) is 5.11 Å². The first-order chi connectivity index (χ1) is 7.66. The highest BCUT2D eigenvalue weighted by Gasteiger charge is 2.23. The quantitative estimate of drug-likeness (QED) is 0.890. The molecule has 2 rings (SSSR count). The highest BCUT2D eigenvalue weighted by Crippen LogP contribution is 2.23. The highest BCUT2D eigenvalue weighted by atomic mass is 79.9. The molecule has 2 atom stereocenters. The molecule has 1 fully saturated rings. The lowest BCUT2D eigenvalue weighted by Crippen LogP contribution is -2.43. The van der Waals surface area contributed by atoms with Crippen molar-refractivity contribution in [1.82, 2.24) is 5.32 Å². The van der Waals surface area contributed by atoms with Crippen LogP contribution in [-0.2, 0) is 0 Å². The summed E-state index contributed by atoms with van der Waals surface area (Å²) in [4.78, 5) is 0. The molecule has 0 aromatic heterocycles. The van der Waals surface area contributed by atoms with Crippen LogP contribution < -0.4 is 5.32 Å². The van der Waals surface area contributed by atoms with Gasteiger partial charge in [-0.2, -0.15) is 0 Å². The first-order valence-electron chi connectivity index (χ1n) is 5.86. The van der Waals surface area contributed by atoms with E-state index in [-0.39, 0.29) is 6.04 Å². The Hall–Kier alpha value is -0.380. The molecule has 1 aromatic rings. The largest absolute Gasteiger partial charge is 0.387 e. The predicted octanol–water partition coefficient (Wildman–Crippen LogP) is 3.01. The Morgan fingerprint density at radius 2 is 1.94 bits per heavy atom. The van der Waals surface area contributed by atoms with Crippen molar-refractivity contribution in [1.29, 1.82) is 0 Å². The summed E-state index contributed by atoms with van der Waals surface area (Å²) in [6, 6.07) is 8.59. The van der Waals surface area contributed by atoms with E-state index in [1.54, 1.807) is 0 Å². The van der Waals surface area contributed by atoms with Gasteiger partial charge in [0, 0.05) is 16.6 Å². The summed E-state index contributed by atoms with van der Waals surface area (Å²) < 4.78 is 1.04. The van der Waals surface area contributed by atoms with E-state index in [4.69, 9.17) is 0 Å². The molecule has 2 unspecified atom stereocenters. The molecule has 1 saturated carbocycles. The van der Waals surface area contributed by atoms with Gasteiger partial charge in [-0.05, 0) is 37.5 Å². The minimum Gasteiger partial charge on any atom is -0.387 e. The molecule has 88 valence electrons. The van der Waals surface area contributed by atoms with E-state index < -0.39 is 6.10 Å². The molecule has 16 heavy (non-hydrogen) atoms. The second-order valence-electron chi connectivity index (χ2n) is 4.58. The van der Waals surface area contributed by atoms with Crippen LogP contribution >= 0.6 is 15.9 Å². The minimum atomic E-state index is -0.423. The smallest absolute Gasteiger partial charge is 0.0940 e. The summed E-state index contributed by atoms with van der Waals surface area (Å²) in [7, 11) is 0. The third kappa shape index (κ3) is 2.84. The van der Waals surface area contributed by atoms with Crippen LogP contribution in [0.2, 0.25) is 0 Å². The van der Waals surface area contributed by atoms with Gasteiger partial charge in [0.05, 0.1) is 6.10 Å². The van der Waals surface area contributed by atoms with E-state index in [1.807, 2.05) is 31.2 Å². The Labute approximate surface area is 105 Å². The van der Waals surface area contributed by atoms with Gasteiger partial charge >= 0.3 is 0 Å². The number of benzene rings is 1. The van der Waals surface area contributed by atoms with Gasteiger partial charge < -0.3 is 10.4 Å². The number of rotatable bonds is 4. The van der Waals surface area contributed by atoms with Crippen molar-refractivity contribution in [3.05, 3.63) is 34.3 Å². The number of hydrogen-bond donors (Lipinski definition) is 2. The van der Waals surface area contributed by atoms with Crippen molar-refractivity contribution < 1.29 is 5.11 Å². The first kappa shape index (κ1) is 12.1. The number of aliphatic hydroxyl groups is 1. The third-order valence-corrected chi connectivity index (χ3v) is 3.82. The fourth-order valence-corrected chi connectivity index (χ4v) is 2.25. The SMILES string of the molecule is CC(NC1CCC1)C(O)c1ccc(Br)cc1. The maximum absolute atomic E-state index is 10.2. The summed E-state index contributed by atoms with van der Waals surface area (Å²) >= 11 is 3.39. The number of halogens is 1. The molecule has 2 N–H and O–H groups in total. The van der Waals surface area contributed by atoms with Crippen molar-refractivity contribution in [2.24, 2.45) is 0 Å². The van der Waals surface area contributed by atoms with Crippen LogP contribution in [0.15, 0.2) is 28.7 Å². The molecule has 1 aliphatic rings. The molecule has 2 nitrogen and oxygen atoms in total. The molecule has 0 amide bonds. The van der Waals surface area contributed by atoms with Crippen LogP contribution in [0.3, 0.4) is 0 Å². The van der Waals surface area contributed by atoms with E-state index in [2.05, 4.69) is 21.2 Å². The van der Waals surface area contributed by atoms with Crippen LogP contribution in [0.5, 0.6) is 0 Å². The van der Waals surface area contributed by atoms with Gasteiger partial charge in [0.1, 0.15) is 0 Å². The van der Waals surface area contributed by atoms with Crippen molar-refractivity contribution in [3.8, 4) is 0 Å². The van der Waals surface area contributed by atoms with Crippen molar-refractivity contribution in [3.63, 3.8) is 0 Å². The van der Waals surface area contributed by atoms with E-state index >= 15 is 0 Å². The Balaban J connectivity index is 1.94. The maximum atomic E-state index is 10.2. The Kier molecular flexibility index (Phi) is 4.00. The summed E-state index contributed by atoms with van der Waals surface area (Å²) in [5.41, 5.74) is 0.975. The van der Waals surface area contributed by atoms with Crippen LogP contribution in [0.25, 0.3) is 0 Å².